The lowest BCUT2D eigenvalue weighted by atomic mass is 10.0. The maximum absolute atomic E-state index is 11.5. The summed E-state index contributed by atoms with van der Waals surface area (Å²) in [4.78, 5) is 27.3. The van der Waals surface area contributed by atoms with Crippen LogP contribution in [0.4, 0.5) is 0 Å². The Kier molecular flexibility index (Phi) is 3.43. The van der Waals surface area contributed by atoms with Crippen LogP contribution in [0.2, 0.25) is 0 Å². The lowest BCUT2D eigenvalue weighted by molar-refractivity contribution is 0.0698. The number of para-hydroxylation sites is 1. The van der Waals surface area contributed by atoms with Gasteiger partial charge in [-0.15, -0.1) is 0 Å². The minimum absolute atomic E-state index is 0.00996. The van der Waals surface area contributed by atoms with Gasteiger partial charge in [-0.05, 0) is 19.1 Å². The van der Waals surface area contributed by atoms with Crippen LogP contribution in [0.3, 0.4) is 0 Å². The molecular formula is C18H13NO3. The van der Waals surface area contributed by atoms with Gasteiger partial charge in [0.25, 0.3) is 0 Å². The molecular weight excluding hydrogens is 278 g/mol. The maximum Gasteiger partial charge on any atom is 0.336 e. The molecule has 0 aliphatic rings. The van der Waals surface area contributed by atoms with Crippen LogP contribution in [0.5, 0.6) is 0 Å². The number of rotatable bonds is 3. The average molecular weight is 291 g/mol. The number of carbonyl (C=O) groups is 2. The Balaban J connectivity index is 2.18. The van der Waals surface area contributed by atoms with Crippen LogP contribution >= 0.6 is 0 Å². The average Bonchev–Trinajstić information content (AvgIpc) is 2.53. The number of pyridine rings is 1. The highest BCUT2D eigenvalue weighted by Gasteiger charge is 2.12. The lowest BCUT2D eigenvalue weighted by Crippen LogP contribution is -2.00. The molecule has 4 nitrogen and oxygen atoms in total. The first-order valence-electron chi connectivity index (χ1n) is 6.81. The van der Waals surface area contributed by atoms with Crippen LogP contribution in [0, 0.1) is 0 Å². The molecule has 1 aromatic heterocycles. The number of nitrogens with zero attached hydrogens (tertiary/aromatic N) is 1. The summed E-state index contributed by atoms with van der Waals surface area (Å²) in [7, 11) is 0. The van der Waals surface area contributed by atoms with E-state index in [0.29, 0.717) is 22.2 Å². The van der Waals surface area contributed by atoms with E-state index in [4.69, 9.17) is 0 Å². The number of ketones is 1. The van der Waals surface area contributed by atoms with Gasteiger partial charge in [-0.3, -0.25) is 4.79 Å². The molecule has 0 saturated carbocycles. The molecule has 22 heavy (non-hydrogen) atoms. The van der Waals surface area contributed by atoms with Gasteiger partial charge >= 0.3 is 5.97 Å². The van der Waals surface area contributed by atoms with Crippen LogP contribution in [0.1, 0.15) is 27.6 Å². The SMILES string of the molecule is CC(=O)c1ccc(-c2cc(C(=O)O)c3ccccc3n2)cc1. The monoisotopic (exact) mass is 291 g/mol. The van der Waals surface area contributed by atoms with Crippen molar-refractivity contribution in [2.75, 3.05) is 0 Å². The van der Waals surface area contributed by atoms with E-state index in [2.05, 4.69) is 4.98 Å². The van der Waals surface area contributed by atoms with Crippen molar-refractivity contribution in [3.05, 3.63) is 65.7 Å². The minimum Gasteiger partial charge on any atom is -0.478 e. The fourth-order valence-electron chi connectivity index (χ4n) is 2.38. The smallest absolute Gasteiger partial charge is 0.336 e. The van der Waals surface area contributed by atoms with Gasteiger partial charge in [-0.25, -0.2) is 9.78 Å². The third kappa shape index (κ3) is 2.46. The van der Waals surface area contributed by atoms with Crippen molar-refractivity contribution in [3.63, 3.8) is 0 Å². The topological polar surface area (TPSA) is 67.3 Å². The van der Waals surface area contributed by atoms with Gasteiger partial charge in [0.2, 0.25) is 0 Å². The fraction of sp³-hybridized carbons (Fsp3) is 0.0556. The minimum atomic E-state index is -0.986. The van der Waals surface area contributed by atoms with Crippen molar-refractivity contribution in [1.82, 2.24) is 4.98 Å². The van der Waals surface area contributed by atoms with Crippen LogP contribution in [0.25, 0.3) is 22.2 Å². The molecule has 0 amide bonds. The number of hydrogen-bond donors (Lipinski definition) is 1. The summed E-state index contributed by atoms with van der Waals surface area (Å²) in [5.41, 5.74) is 2.82. The number of Topliss-reactive ketones (excluding diaryl/α,β-unsaturated/α-hetero) is 1. The summed E-state index contributed by atoms with van der Waals surface area (Å²) in [6, 6.07) is 15.7. The number of benzene rings is 2. The number of fused-ring (bicyclic) bond motifs is 1. The molecule has 0 aliphatic carbocycles. The summed E-state index contributed by atoms with van der Waals surface area (Å²) in [5, 5.41) is 10.0. The Bertz CT molecular complexity index is 882. The van der Waals surface area contributed by atoms with Crippen molar-refractivity contribution in [1.29, 1.82) is 0 Å². The van der Waals surface area contributed by atoms with Crippen molar-refractivity contribution in [2.24, 2.45) is 0 Å². The van der Waals surface area contributed by atoms with Crippen LogP contribution < -0.4 is 0 Å². The third-order valence-corrected chi connectivity index (χ3v) is 3.53. The van der Waals surface area contributed by atoms with Gasteiger partial charge in [0.15, 0.2) is 5.78 Å². The standard InChI is InChI=1S/C18H13NO3/c1-11(20)12-6-8-13(9-7-12)17-10-15(18(21)22)14-4-2-3-5-16(14)19-17/h2-10H,1H3,(H,21,22). The van der Waals surface area contributed by atoms with Gasteiger partial charge in [0.1, 0.15) is 0 Å². The maximum atomic E-state index is 11.5. The quantitative estimate of drug-likeness (QED) is 0.745. The molecule has 3 aromatic rings. The summed E-state index contributed by atoms with van der Waals surface area (Å²) >= 11 is 0. The van der Waals surface area contributed by atoms with E-state index in [1.54, 1.807) is 48.5 Å². The first kappa shape index (κ1) is 13.9. The van der Waals surface area contributed by atoms with E-state index in [1.165, 1.54) is 6.92 Å². The molecule has 0 unspecified atom stereocenters. The van der Waals surface area contributed by atoms with E-state index in [9.17, 15) is 14.7 Å². The number of carboxylic acids is 1. The number of hydrogen-bond acceptors (Lipinski definition) is 3. The second-order valence-corrected chi connectivity index (χ2v) is 5.01. The predicted molar refractivity (Wildman–Crippen MR) is 84.1 cm³/mol. The number of aromatic carboxylic acids is 1. The molecule has 0 fully saturated rings. The van der Waals surface area contributed by atoms with Crippen molar-refractivity contribution >= 4 is 22.7 Å². The van der Waals surface area contributed by atoms with Gasteiger partial charge in [0.05, 0.1) is 16.8 Å². The van der Waals surface area contributed by atoms with Crippen LogP contribution in [-0.2, 0) is 0 Å². The van der Waals surface area contributed by atoms with Gasteiger partial charge < -0.3 is 5.11 Å². The van der Waals surface area contributed by atoms with E-state index in [-0.39, 0.29) is 11.3 Å². The summed E-state index contributed by atoms with van der Waals surface area (Å²) < 4.78 is 0. The summed E-state index contributed by atoms with van der Waals surface area (Å²) in [5.74, 6) is -0.996. The van der Waals surface area contributed by atoms with Crippen molar-refractivity contribution < 1.29 is 14.7 Å². The van der Waals surface area contributed by atoms with E-state index >= 15 is 0 Å². The molecule has 3 rings (SSSR count). The predicted octanol–water partition coefficient (Wildman–Crippen LogP) is 3.80. The highest BCUT2D eigenvalue weighted by molar-refractivity contribution is 6.03. The van der Waals surface area contributed by atoms with E-state index < -0.39 is 5.97 Å². The molecule has 1 heterocycles. The first-order chi connectivity index (χ1) is 10.6. The Labute approximate surface area is 127 Å². The lowest BCUT2D eigenvalue weighted by Gasteiger charge is -2.07. The zero-order chi connectivity index (χ0) is 15.7. The Hall–Kier alpha value is -3.01. The molecule has 1 N–H and O–H groups in total. The molecule has 108 valence electrons. The highest BCUT2D eigenvalue weighted by Crippen LogP contribution is 2.25. The zero-order valence-electron chi connectivity index (χ0n) is 11.9. The van der Waals surface area contributed by atoms with E-state index in [1.807, 2.05) is 6.07 Å². The molecule has 4 heteroatoms. The molecule has 0 saturated heterocycles. The second kappa shape index (κ2) is 5.41. The van der Waals surface area contributed by atoms with Crippen LogP contribution in [0.15, 0.2) is 54.6 Å². The second-order valence-electron chi connectivity index (χ2n) is 5.01. The molecule has 0 aliphatic heterocycles. The van der Waals surface area contributed by atoms with Gasteiger partial charge in [-0.2, -0.15) is 0 Å². The van der Waals surface area contributed by atoms with Crippen molar-refractivity contribution in [3.8, 4) is 11.3 Å². The summed E-state index contributed by atoms with van der Waals surface area (Å²) in [6.45, 7) is 1.51. The van der Waals surface area contributed by atoms with Crippen LogP contribution in [-0.4, -0.2) is 21.8 Å². The van der Waals surface area contributed by atoms with Crippen molar-refractivity contribution in [2.45, 2.75) is 6.92 Å². The Morgan fingerprint density at radius 3 is 2.32 bits per heavy atom. The normalized spacial score (nSPS) is 10.6. The molecule has 0 spiro atoms. The zero-order valence-corrected chi connectivity index (χ0v) is 11.9. The van der Waals surface area contributed by atoms with Gasteiger partial charge in [0, 0.05) is 16.5 Å². The largest absolute Gasteiger partial charge is 0.478 e. The Morgan fingerprint density at radius 2 is 1.68 bits per heavy atom. The number of carbonyl (C=O) groups excluding carboxylic acids is 1. The fourth-order valence-corrected chi connectivity index (χ4v) is 2.38. The number of aromatic nitrogens is 1. The highest BCUT2D eigenvalue weighted by atomic mass is 16.4. The van der Waals surface area contributed by atoms with Gasteiger partial charge in [-0.1, -0.05) is 42.5 Å². The molecule has 0 radical (unpaired) electrons. The van der Waals surface area contributed by atoms with E-state index in [0.717, 1.165) is 5.56 Å². The number of carboxylic acid groups (broad SMARTS) is 1. The molecule has 2 aromatic carbocycles. The molecule has 0 atom stereocenters. The Morgan fingerprint density at radius 1 is 1.00 bits per heavy atom. The first-order valence-corrected chi connectivity index (χ1v) is 6.81. The summed E-state index contributed by atoms with van der Waals surface area (Å²) in [6.07, 6.45) is 0. The third-order valence-electron chi connectivity index (χ3n) is 3.53. The molecule has 0 bridgehead atoms.